The molecule has 0 saturated heterocycles. The van der Waals surface area contributed by atoms with E-state index in [4.69, 9.17) is 5.11 Å². The van der Waals surface area contributed by atoms with Crippen LogP contribution >= 0.6 is 0 Å². The van der Waals surface area contributed by atoms with Crippen molar-refractivity contribution in [2.24, 2.45) is 0 Å². The van der Waals surface area contributed by atoms with Gasteiger partial charge in [0.15, 0.2) is 0 Å². The fourth-order valence-electron chi connectivity index (χ4n) is 4.54. The molecule has 7 nitrogen and oxygen atoms in total. The van der Waals surface area contributed by atoms with Crippen molar-refractivity contribution in [3.63, 3.8) is 0 Å². The summed E-state index contributed by atoms with van der Waals surface area (Å²) in [5, 5.41) is 22.3. The summed E-state index contributed by atoms with van der Waals surface area (Å²) in [5.41, 5.74) is 0.837. The first-order valence-corrected chi connectivity index (χ1v) is 9.72. The summed E-state index contributed by atoms with van der Waals surface area (Å²) in [6.07, 6.45) is 3.93. The Hall–Kier alpha value is -3.35. The van der Waals surface area contributed by atoms with Gasteiger partial charge in [-0.1, -0.05) is 49.6 Å². The molecule has 4 rings (SSSR count). The molecule has 1 aromatic heterocycles. The van der Waals surface area contributed by atoms with E-state index in [9.17, 15) is 19.5 Å². The predicted molar refractivity (Wildman–Crippen MR) is 106 cm³/mol. The maximum absolute atomic E-state index is 13.1. The van der Waals surface area contributed by atoms with Crippen LogP contribution in [0.15, 0.2) is 53.8 Å². The first-order chi connectivity index (χ1) is 14.0. The quantitative estimate of drug-likeness (QED) is 0.691. The van der Waals surface area contributed by atoms with Crippen LogP contribution in [0, 0.1) is 0 Å². The highest BCUT2D eigenvalue weighted by Crippen LogP contribution is 2.47. The van der Waals surface area contributed by atoms with Gasteiger partial charge in [-0.05, 0) is 30.5 Å². The van der Waals surface area contributed by atoms with Crippen LogP contribution in [0.3, 0.4) is 0 Å². The molecule has 0 radical (unpaired) electrons. The smallest absolute Gasteiger partial charge is 0.322 e. The average molecular weight is 394 g/mol. The zero-order valence-corrected chi connectivity index (χ0v) is 15.9. The second-order valence-corrected chi connectivity index (χ2v) is 7.53. The summed E-state index contributed by atoms with van der Waals surface area (Å²) in [6.45, 7) is -0.619. The van der Waals surface area contributed by atoms with Crippen molar-refractivity contribution in [2.45, 2.75) is 37.6 Å². The second kappa shape index (κ2) is 7.24. The minimum absolute atomic E-state index is 0.258. The first-order valence-electron chi connectivity index (χ1n) is 9.72. The molecule has 2 aromatic rings. The highest BCUT2D eigenvalue weighted by molar-refractivity contribution is 6.26. The molecule has 29 heavy (non-hydrogen) atoms. The van der Waals surface area contributed by atoms with Gasteiger partial charge in [0.05, 0.1) is 5.69 Å². The van der Waals surface area contributed by atoms with Crippen molar-refractivity contribution in [1.29, 1.82) is 0 Å². The third-order valence-corrected chi connectivity index (χ3v) is 5.82. The van der Waals surface area contributed by atoms with E-state index in [1.807, 2.05) is 41.0 Å². The number of benzene rings is 1. The predicted octanol–water partition coefficient (Wildman–Crippen LogP) is 3.02. The molecule has 7 heteroatoms. The maximum Gasteiger partial charge on any atom is 0.322 e. The van der Waals surface area contributed by atoms with Crippen LogP contribution in [0.25, 0.3) is 11.3 Å². The number of fused-ring (bicyclic) bond motifs is 2. The highest BCUT2D eigenvalue weighted by atomic mass is 16.4. The number of carboxylic acid groups (broad SMARTS) is 1. The number of nitrogens with one attached hydrogen (secondary N) is 1. The van der Waals surface area contributed by atoms with Gasteiger partial charge in [-0.15, -0.1) is 0 Å². The summed E-state index contributed by atoms with van der Waals surface area (Å²) >= 11 is 0. The van der Waals surface area contributed by atoms with Crippen molar-refractivity contribution in [3.05, 3.63) is 59.5 Å². The monoisotopic (exact) mass is 394 g/mol. The molecule has 1 amide bonds. The van der Waals surface area contributed by atoms with Crippen LogP contribution in [0.2, 0.25) is 0 Å². The molecule has 2 aliphatic rings. The van der Waals surface area contributed by atoms with E-state index in [0.29, 0.717) is 18.5 Å². The Morgan fingerprint density at radius 1 is 1.00 bits per heavy atom. The van der Waals surface area contributed by atoms with Gasteiger partial charge in [-0.2, -0.15) is 0 Å². The minimum atomic E-state index is -1.22. The number of aliphatic hydroxyl groups is 1. The van der Waals surface area contributed by atoms with Crippen LogP contribution in [0.5, 0.6) is 0 Å². The Morgan fingerprint density at radius 3 is 2.31 bits per heavy atom. The van der Waals surface area contributed by atoms with E-state index in [1.165, 1.54) is 0 Å². The zero-order chi connectivity index (χ0) is 20.6. The lowest BCUT2D eigenvalue weighted by Gasteiger charge is -2.43. The Labute approximate surface area is 167 Å². The van der Waals surface area contributed by atoms with Gasteiger partial charge in [0.1, 0.15) is 23.4 Å². The summed E-state index contributed by atoms with van der Waals surface area (Å²) in [6, 6.07) is 13.1. The highest BCUT2D eigenvalue weighted by Gasteiger charge is 2.49. The lowest BCUT2D eigenvalue weighted by molar-refractivity contribution is -0.137. The molecule has 1 spiro atoms. The fourth-order valence-corrected chi connectivity index (χ4v) is 4.54. The van der Waals surface area contributed by atoms with Gasteiger partial charge < -0.3 is 20.1 Å². The molecule has 0 atom stereocenters. The van der Waals surface area contributed by atoms with E-state index in [1.54, 1.807) is 6.07 Å². The van der Waals surface area contributed by atoms with Crippen molar-refractivity contribution in [1.82, 2.24) is 9.88 Å². The number of carbonyl (C=O) groups is 3. The summed E-state index contributed by atoms with van der Waals surface area (Å²) in [5.74, 6) is -2.92. The topological polar surface area (TPSA) is 109 Å². The average Bonchev–Trinajstić information content (AvgIpc) is 3.19. The summed E-state index contributed by atoms with van der Waals surface area (Å²) < 4.78 is 1.88. The van der Waals surface area contributed by atoms with Crippen LogP contribution in [0.4, 0.5) is 0 Å². The third-order valence-electron chi connectivity index (χ3n) is 5.82. The van der Waals surface area contributed by atoms with Crippen LogP contribution in [0.1, 0.15) is 42.6 Å². The van der Waals surface area contributed by atoms with Gasteiger partial charge in [0.2, 0.25) is 5.78 Å². The molecule has 150 valence electrons. The van der Waals surface area contributed by atoms with Crippen LogP contribution in [-0.2, 0) is 15.1 Å². The number of aliphatic carboxylic acids is 1. The normalized spacial score (nSPS) is 17.9. The standard InChI is InChI=1S/C22H22N2O5/c25-17(26)13-23-21(29)18-19(27)16-10-9-15(14-7-3-1-4-8-14)24(16)22(20(18)28)11-5-2-6-12-22/h1,3-4,7-10,28H,2,5-6,11-13H2,(H,23,29)(H,25,26). The summed E-state index contributed by atoms with van der Waals surface area (Å²) in [7, 11) is 0. The minimum Gasteiger partial charge on any atom is -0.509 e. The number of rotatable bonds is 4. The molecular formula is C22H22N2O5. The molecule has 1 saturated carbocycles. The number of hydrogen-bond donors (Lipinski definition) is 3. The fraction of sp³-hybridized carbons (Fsp3) is 0.318. The van der Waals surface area contributed by atoms with Gasteiger partial charge in [-0.3, -0.25) is 14.4 Å². The first kappa shape index (κ1) is 19.0. The van der Waals surface area contributed by atoms with E-state index in [2.05, 4.69) is 5.32 Å². The van der Waals surface area contributed by atoms with E-state index in [-0.39, 0.29) is 11.3 Å². The van der Waals surface area contributed by atoms with E-state index in [0.717, 1.165) is 30.5 Å². The van der Waals surface area contributed by atoms with Crippen molar-refractivity contribution in [3.8, 4) is 11.3 Å². The molecule has 1 fully saturated rings. The number of hydrogen-bond acceptors (Lipinski definition) is 4. The number of carbonyl (C=O) groups excluding carboxylic acids is 2. The number of Topliss-reactive ketones (excluding diaryl/α,β-unsaturated/α-hetero) is 1. The van der Waals surface area contributed by atoms with Gasteiger partial charge in [0.25, 0.3) is 5.91 Å². The summed E-state index contributed by atoms with van der Waals surface area (Å²) in [4.78, 5) is 36.6. The van der Waals surface area contributed by atoms with E-state index >= 15 is 0 Å². The van der Waals surface area contributed by atoms with E-state index < -0.39 is 29.7 Å². The second-order valence-electron chi connectivity index (χ2n) is 7.53. The van der Waals surface area contributed by atoms with Gasteiger partial charge in [-0.25, -0.2) is 0 Å². The number of aromatic nitrogens is 1. The Bertz CT molecular complexity index is 1010. The number of carboxylic acids is 1. The molecule has 0 unspecified atom stereocenters. The molecule has 0 bridgehead atoms. The van der Waals surface area contributed by atoms with Crippen molar-refractivity contribution >= 4 is 17.7 Å². The molecule has 1 aliphatic heterocycles. The van der Waals surface area contributed by atoms with Crippen molar-refractivity contribution < 1.29 is 24.6 Å². The molecule has 3 N–H and O–H groups in total. The molecular weight excluding hydrogens is 372 g/mol. The number of aliphatic hydroxyl groups excluding tert-OH is 1. The number of nitrogens with zero attached hydrogens (tertiary/aromatic N) is 1. The molecule has 2 heterocycles. The largest absolute Gasteiger partial charge is 0.509 e. The SMILES string of the molecule is O=C(O)CNC(=O)C1=C(O)C2(CCCCC2)n2c(ccc2-c2ccccc2)C1=O. The number of allylic oxidation sites excluding steroid dienone is 1. The van der Waals surface area contributed by atoms with Gasteiger partial charge >= 0.3 is 5.97 Å². The van der Waals surface area contributed by atoms with Gasteiger partial charge in [0, 0.05) is 5.69 Å². The Kier molecular flexibility index (Phi) is 4.74. The lowest BCUT2D eigenvalue weighted by atomic mass is 9.75. The zero-order valence-electron chi connectivity index (χ0n) is 15.9. The Morgan fingerprint density at radius 2 is 1.66 bits per heavy atom. The Balaban J connectivity index is 1.88. The number of ketones is 1. The molecule has 1 aromatic carbocycles. The maximum atomic E-state index is 13.1. The van der Waals surface area contributed by atoms with Crippen LogP contribution in [-0.4, -0.2) is 39.0 Å². The lowest BCUT2D eigenvalue weighted by Crippen LogP contribution is -2.47. The van der Waals surface area contributed by atoms with Crippen molar-refractivity contribution in [2.75, 3.05) is 6.54 Å². The van der Waals surface area contributed by atoms with Crippen LogP contribution < -0.4 is 5.32 Å². The third kappa shape index (κ3) is 3.03. The molecule has 1 aliphatic carbocycles. The number of amides is 1.